The molecule has 0 aliphatic carbocycles. The molecule has 2 N–H and O–H groups in total. The van der Waals surface area contributed by atoms with E-state index in [0.29, 0.717) is 11.4 Å². The van der Waals surface area contributed by atoms with Crippen molar-refractivity contribution in [1.82, 2.24) is 5.32 Å². The topological polar surface area (TPSA) is 41.1 Å². The van der Waals surface area contributed by atoms with Gasteiger partial charge in [0.2, 0.25) is 5.91 Å². The van der Waals surface area contributed by atoms with E-state index < -0.39 is 0 Å². The summed E-state index contributed by atoms with van der Waals surface area (Å²) >= 11 is 1.47. The Morgan fingerprint density at radius 2 is 2.40 bits per heavy atom. The number of halogens is 1. The Morgan fingerprint density at radius 1 is 1.60 bits per heavy atom. The van der Waals surface area contributed by atoms with Crippen LogP contribution >= 0.6 is 11.8 Å². The van der Waals surface area contributed by atoms with Gasteiger partial charge in [-0.2, -0.15) is 0 Å². The standard InChI is InChI=1S/C10H11FN2OS/c1-12-7-5-15-8-4-2-3-6(11)9(8)13-10(7)14/h2-4,7,12H,5H2,1H3,(H,13,14)/t7-/m0/s1. The molecule has 0 fully saturated rings. The molecule has 1 amide bonds. The number of likely N-dealkylation sites (N-methyl/N-ethyl adjacent to an activating group) is 1. The van der Waals surface area contributed by atoms with Gasteiger partial charge in [-0.3, -0.25) is 4.79 Å². The van der Waals surface area contributed by atoms with Gasteiger partial charge in [-0.05, 0) is 19.2 Å². The van der Waals surface area contributed by atoms with Crippen LogP contribution in [0.5, 0.6) is 0 Å². The normalized spacial score (nSPS) is 20.4. The largest absolute Gasteiger partial charge is 0.321 e. The van der Waals surface area contributed by atoms with Crippen LogP contribution in [0.4, 0.5) is 10.1 Å². The van der Waals surface area contributed by atoms with Gasteiger partial charge in [0.1, 0.15) is 5.82 Å². The van der Waals surface area contributed by atoms with Crippen LogP contribution in [0, 0.1) is 5.82 Å². The van der Waals surface area contributed by atoms with Gasteiger partial charge in [0.15, 0.2) is 0 Å². The summed E-state index contributed by atoms with van der Waals surface area (Å²) in [6.45, 7) is 0. The number of hydrogen-bond acceptors (Lipinski definition) is 3. The molecule has 5 heteroatoms. The van der Waals surface area contributed by atoms with Crippen molar-refractivity contribution in [2.75, 3.05) is 18.1 Å². The van der Waals surface area contributed by atoms with Crippen molar-refractivity contribution in [3.8, 4) is 0 Å². The van der Waals surface area contributed by atoms with Crippen LogP contribution in [0.25, 0.3) is 0 Å². The summed E-state index contributed by atoms with van der Waals surface area (Å²) in [6.07, 6.45) is 0. The van der Waals surface area contributed by atoms with E-state index in [0.717, 1.165) is 4.90 Å². The molecule has 1 atom stereocenters. The first-order valence-electron chi connectivity index (χ1n) is 4.62. The number of benzene rings is 1. The Labute approximate surface area is 91.4 Å². The van der Waals surface area contributed by atoms with Crippen molar-refractivity contribution < 1.29 is 9.18 Å². The second kappa shape index (κ2) is 4.20. The summed E-state index contributed by atoms with van der Waals surface area (Å²) in [5.41, 5.74) is 0.297. The molecule has 0 radical (unpaired) electrons. The van der Waals surface area contributed by atoms with Crippen molar-refractivity contribution >= 4 is 23.4 Å². The third-order valence-electron chi connectivity index (χ3n) is 2.29. The number of fused-ring (bicyclic) bond motifs is 1. The summed E-state index contributed by atoms with van der Waals surface area (Å²) in [5, 5.41) is 5.49. The lowest BCUT2D eigenvalue weighted by Crippen LogP contribution is -2.39. The average molecular weight is 226 g/mol. The summed E-state index contributed by atoms with van der Waals surface area (Å²) in [7, 11) is 1.72. The zero-order chi connectivity index (χ0) is 10.8. The highest BCUT2D eigenvalue weighted by atomic mass is 32.2. The average Bonchev–Trinajstić information content (AvgIpc) is 2.38. The van der Waals surface area contributed by atoms with Gasteiger partial charge in [0, 0.05) is 10.6 Å². The molecule has 1 aromatic carbocycles. The lowest BCUT2D eigenvalue weighted by molar-refractivity contribution is -0.117. The van der Waals surface area contributed by atoms with Crippen LogP contribution in [-0.4, -0.2) is 24.7 Å². The molecule has 1 aliphatic heterocycles. The van der Waals surface area contributed by atoms with Crippen LogP contribution in [0.1, 0.15) is 0 Å². The predicted molar refractivity (Wildman–Crippen MR) is 58.6 cm³/mol. The summed E-state index contributed by atoms with van der Waals surface area (Å²) in [6, 6.07) is 4.52. The molecule has 1 aliphatic rings. The molecule has 1 heterocycles. The quantitative estimate of drug-likeness (QED) is 0.761. The van der Waals surface area contributed by atoms with Gasteiger partial charge in [-0.1, -0.05) is 6.07 Å². The molecular weight excluding hydrogens is 215 g/mol. The molecule has 2 rings (SSSR count). The number of para-hydroxylation sites is 1. The number of anilines is 1. The molecule has 0 aromatic heterocycles. The van der Waals surface area contributed by atoms with Gasteiger partial charge in [0.05, 0.1) is 11.7 Å². The number of rotatable bonds is 1. The highest BCUT2D eigenvalue weighted by molar-refractivity contribution is 7.99. The highest BCUT2D eigenvalue weighted by Crippen LogP contribution is 2.32. The Kier molecular flexibility index (Phi) is 2.93. The maximum Gasteiger partial charge on any atom is 0.242 e. The number of amides is 1. The summed E-state index contributed by atoms with van der Waals surface area (Å²) in [4.78, 5) is 12.4. The van der Waals surface area contributed by atoms with E-state index in [4.69, 9.17) is 0 Å². The van der Waals surface area contributed by atoms with E-state index in [1.54, 1.807) is 19.2 Å². The minimum atomic E-state index is -0.384. The van der Waals surface area contributed by atoms with Crippen molar-refractivity contribution in [3.05, 3.63) is 24.0 Å². The third kappa shape index (κ3) is 1.98. The molecule has 0 saturated heterocycles. The SMILES string of the molecule is CN[C@H]1CSc2cccc(F)c2NC1=O. The molecule has 80 valence electrons. The van der Waals surface area contributed by atoms with E-state index in [1.165, 1.54) is 17.8 Å². The van der Waals surface area contributed by atoms with Crippen molar-refractivity contribution in [2.45, 2.75) is 10.9 Å². The van der Waals surface area contributed by atoms with E-state index >= 15 is 0 Å². The highest BCUT2D eigenvalue weighted by Gasteiger charge is 2.24. The van der Waals surface area contributed by atoms with Gasteiger partial charge < -0.3 is 10.6 Å². The van der Waals surface area contributed by atoms with Crippen LogP contribution in [-0.2, 0) is 4.79 Å². The second-order valence-electron chi connectivity index (χ2n) is 3.25. The van der Waals surface area contributed by atoms with E-state index in [-0.39, 0.29) is 17.8 Å². The fourth-order valence-corrected chi connectivity index (χ4v) is 2.55. The van der Waals surface area contributed by atoms with E-state index in [2.05, 4.69) is 10.6 Å². The van der Waals surface area contributed by atoms with Gasteiger partial charge in [-0.25, -0.2) is 4.39 Å². The van der Waals surface area contributed by atoms with Gasteiger partial charge in [0.25, 0.3) is 0 Å². The molecular formula is C10H11FN2OS. The Balaban J connectivity index is 2.36. The maximum absolute atomic E-state index is 13.4. The lowest BCUT2D eigenvalue weighted by Gasteiger charge is -2.10. The van der Waals surface area contributed by atoms with Crippen LogP contribution in [0.15, 0.2) is 23.1 Å². The maximum atomic E-state index is 13.4. The molecule has 0 bridgehead atoms. The smallest absolute Gasteiger partial charge is 0.242 e. The molecule has 0 saturated carbocycles. The Bertz CT molecular complexity index is 397. The monoisotopic (exact) mass is 226 g/mol. The van der Waals surface area contributed by atoms with Crippen LogP contribution in [0.2, 0.25) is 0 Å². The number of nitrogens with one attached hydrogen (secondary N) is 2. The van der Waals surface area contributed by atoms with Crippen molar-refractivity contribution in [3.63, 3.8) is 0 Å². The lowest BCUT2D eigenvalue weighted by atomic mass is 10.2. The molecule has 3 nitrogen and oxygen atoms in total. The first-order chi connectivity index (χ1) is 7.22. The van der Waals surface area contributed by atoms with E-state index in [1.807, 2.05) is 0 Å². The fraction of sp³-hybridized carbons (Fsp3) is 0.300. The fourth-order valence-electron chi connectivity index (χ4n) is 1.42. The molecule has 0 unspecified atom stereocenters. The van der Waals surface area contributed by atoms with Crippen LogP contribution < -0.4 is 10.6 Å². The second-order valence-corrected chi connectivity index (χ2v) is 4.32. The van der Waals surface area contributed by atoms with Gasteiger partial charge in [-0.15, -0.1) is 11.8 Å². The number of carbonyl (C=O) groups excluding carboxylic acids is 1. The number of hydrogen-bond donors (Lipinski definition) is 2. The zero-order valence-corrected chi connectivity index (χ0v) is 9.03. The van der Waals surface area contributed by atoms with Crippen LogP contribution in [0.3, 0.4) is 0 Å². The summed E-state index contributed by atoms with van der Waals surface area (Å²) < 4.78 is 13.4. The van der Waals surface area contributed by atoms with Crippen molar-refractivity contribution in [2.24, 2.45) is 0 Å². The first kappa shape index (κ1) is 10.4. The summed E-state index contributed by atoms with van der Waals surface area (Å²) in [5.74, 6) is 0.0395. The zero-order valence-electron chi connectivity index (χ0n) is 8.21. The third-order valence-corrected chi connectivity index (χ3v) is 3.45. The van der Waals surface area contributed by atoms with E-state index in [9.17, 15) is 9.18 Å². The minimum Gasteiger partial charge on any atom is -0.321 e. The molecule has 1 aromatic rings. The predicted octanol–water partition coefficient (Wildman–Crippen LogP) is 1.46. The Morgan fingerprint density at radius 3 is 3.13 bits per heavy atom. The van der Waals surface area contributed by atoms with Gasteiger partial charge >= 0.3 is 0 Å². The molecule has 15 heavy (non-hydrogen) atoms. The van der Waals surface area contributed by atoms with Crippen molar-refractivity contribution in [1.29, 1.82) is 0 Å². The molecule has 0 spiro atoms. The number of thioether (sulfide) groups is 1. The number of carbonyl (C=O) groups is 1. The Hall–Kier alpha value is -1.07. The minimum absolute atomic E-state index is 0.186. The first-order valence-corrected chi connectivity index (χ1v) is 5.60.